The Labute approximate surface area is 169 Å². The van der Waals surface area contributed by atoms with E-state index in [9.17, 15) is 19.8 Å². The zero-order valence-electron chi connectivity index (χ0n) is 15.7. The number of para-hydroxylation sites is 1. The van der Waals surface area contributed by atoms with E-state index in [4.69, 9.17) is 0 Å². The van der Waals surface area contributed by atoms with Crippen LogP contribution < -0.4 is 4.90 Å². The number of carbonyl (C=O) groups is 2. The fourth-order valence-corrected chi connectivity index (χ4v) is 3.19. The highest BCUT2D eigenvalue weighted by Gasteiger charge is 2.27. The lowest BCUT2D eigenvalue weighted by atomic mass is 9.99. The molecule has 3 aromatic rings. The number of hydrogen-bond donors (Lipinski definition) is 2. The number of anilines is 1. The van der Waals surface area contributed by atoms with Gasteiger partial charge in [0, 0.05) is 17.5 Å². The first kappa shape index (κ1) is 19.9. The van der Waals surface area contributed by atoms with Crippen molar-refractivity contribution in [3.63, 3.8) is 0 Å². The molecule has 0 aliphatic heterocycles. The van der Waals surface area contributed by atoms with E-state index < -0.39 is 12.0 Å². The van der Waals surface area contributed by atoms with Crippen molar-refractivity contribution in [1.29, 1.82) is 0 Å². The fraction of sp³-hybridized carbons (Fsp3) is 0.0833. The van der Waals surface area contributed by atoms with E-state index in [0.717, 1.165) is 5.56 Å². The van der Waals surface area contributed by atoms with Crippen LogP contribution in [-0.2, 0) is 11.2 Å². The van der Waals surface area contributed by atoms with Crippen molar-refractivity contribution in [3.05, 3.63) is 108 Å². The number of nitrogens with zero attached hydrogens (tertiary/aromatic N) is 1. The molecule has 0 spiro atoms. The molecular formula is C24H21NO4. The summed E-state index contributed by atoms with van der Waals surface area (Å²) in [5, 5.41) is 19.3. The van der Waals surface area contributed by atoms with Gasteiger partial charge < -0.3 is 15.1 Å². The molecule has 1 unspecified atom stereocenters. The Bertz CT molecular complexity index is 1010. The van der Waals surface area contributed by atoms with Crippen molar-refractivity contribution < 1.29 is 19.8 Å². The maximum Gasteiger partial charge on any atom is 0.327 e. The number of carboxylic acid groups (broad SMARTS) is 1. The van der Waals surface area contributed by atoms with Gasteiger partial charge in [-0.2, -0.15) is 0 Å². The highest BCUT2D eigenvalue weighted by molar-refractivity contribution is 6.12. The number of ketones is 1. The highest BCUT2D eigenvalue weighted by Crippen LogP contribution is 2.27. The highest BCUT2D eigenvalue weighted by atomic mass is 16.4. The predicted molar refractivity (Wildman–Crippen MR) is 112 cm³/mol. The maximum atomic E-state index is 13.0. The van der Waals surface area contributed by atoms with E-state index in [0.29, 0.717) is 16.8 Å². The summed E-state index contributed by atoms with van der Waals surface area (Å²) in [5.74, 6) is -1.12. The zero-order chi connectivity index (χ0) is 20.8. The molecule has 2 N–H and O–H groups in total. The summed E-state index contributed by atoms with van der Waals surface area (Å²) >= 11 is 0. The number of benzene rings is 3. The minimum atomic E-state index is -1.04. The number of carbonyl (C=O) groups excluding carboxylic acids is 1. The van der Waals surface area contributed by atoms with E-state index in [2.05, 4.69) is 6.58 Å². The largest absolute Gasteiger partial charge is 0.508 e. The molecule has 0 aliphatic rings. The minimum absolute atomic E-state index is 0.111. The van der Waals surface area contributed by atoms with Crippen molar-refractivity contribution in [2.24, 2.45) is 0 Å². The van der Waals surface area contributed by atoms with Crippen molar-refractivity contribution in [2.45, 2.75) is 12.5 Å². The van der Waals surface area contributed by atoms with Gasteiger partial charge in [-0.3, -0.25) is 4.79 Å². The molecule has 29 heavy (non-hydrogen) atoms. The molecule has 0 saturated carbocycles. The second-order valence-electron chi connectivity index (χ2n) is 6.53. The van der Waals surface area contributed by atoms with E-state index in [1.54, 1.807) is 60.7 Å². The molecule has 0 aliphatic carbocycles. The van der Waals surface area contributed by atoms with Gasteiger partial charge in [0.05, 0.1) is 5.69 Å². The summed E-state index contributed by atoms with van der Waals surface area (Å²) in [5.41, 5.74) is 2.14. The third-order valence-electron chi connectivity index (χ3n) is 4.65. The topological polar surface area (TPSA) is 77.8 Å². The van der Waals surface area contributed by atoms with Crippen LogP contribution in [0.15, 0.2) is 91.6 Å². The van der Waals surface area contributed by atoms with Gasteiger partial charge in [-0.25, -0.2) is 4.79 Å². The number of aliphatic carboxylic acids is 1. The molecule has 5 nitrogen and oxygen atoms in total. The average Bonchev–Trinajstić information content (AvgIpc) is 2.75. The zero-order valence-corrected chi connectivity index (χ0v) is 15.7. The Hall–Kier alpha value is -3.86. The molecule has 0 saturated heterocycles. The first-order chi connectivity index (χ1) is 14.0. The molecule has 146 valence electrons. The number of aromatic hydroxyl groups is 1. The first-order valence-corrected chi connectivity index (χ1v) is 9.11. The van der Waals surface area contributed by atoms with Crippen molar-refractivity contribution in [3.8, 4) is 5.75 Å². The lowest BCUT2D eigenvalue weighted by Gasteiger charge is -2.29. The third-order valence-corrected chi connectivity index (χ3v) is 4.65. The summed E-state index contributed by atoms with van der Waals surface area (Å²) in [6.07, 6.45) is 1.60. The summed E-state index contributed by atoms with van der Waals surface area (Å²) < 4.78 is 0. The molecule has 0 fully saturated rings. The molecular weight excluding hydrogens is 366 g/mol. The summed E-state index contributed by atoms with van der Waals surface area (Å²) in [6.45, 7) is 3.78. The maximum absolute atomic E-state index is 13.0. The number of phenolic OH excluding ortho intramolecular Hbond substituents is 1. The van der Waals surface area contributed by atoms with Gasteiger partial charge in [-0.15, -0.1) is 0 Å². The summed E-state index contributed by atoms with van der Waals surface area (Å²) in [4.78, 5) is 26.6. The van der Waals surface area contributed by atoms with Crippen molar-refractivity contribution in [2.75, 3.05) is 4.90 Å². The molecule has 0 bridgehead atoms. The molecule has 3 rings (SSSR count). The molecule has 0 aromatic heterocycles. The Balaban J connectivity index is 1.99. The first-order valence-electron chi connectivity index (χ1n) is 9.11. The number of phenols is 1. The molecule has 0 amide bonds. The lowest BCUT2D eigenvalue weighted by Crippen LogP contribution is -2.40. The quantitative estimate of drug-likeness (QED) is 0.565. The number of carboxylic acids is 1. The molecule has 0 heterocycles. The fourth-order valence-electron chi connectivity index (χ4n) is 3.19. The van der Waals surface area contributed by atoms with Crippen LogP contribution in [0.5, 0.6) is 5.75 Å². The van der Waals surface area contributed by atoms with Gasteiger partial charge in [0.2, 0.25) is 0 Å². The molecule has 5 heteroatoms. The van der Waals surface area contributed by atoms with Crippen LogP contribution in [-0.4, -0.2) is 28.0 Å². The van der Waals surface area contributed by atoms with Gasteiger partial charge in [0.25, 0.3) is 0 Å². The second-order valence-corrected chi connectivity index (χ2v) is 6.53. The molecule has 0 radical (unpaired) electrons. The lowest BCUT2D eigenvalue weighted by molar-refractivity contribution is -0.138. The smallest absolute Gasteiger partial charge is 0.327 e. The van der Waals surface area contributed by atoms with Crippen LogP contribution in [0, 0.1) is 0 Å². The number of rotatable bonds is 8. The average molecular weight is 387 g/mol. The van der Waals surface area contributed by atoms with Gasteiger partial charge in [-0.1, -0.05) is 61.2 Å². The monoisotopic (exact) mass is 387 g/mol. The third kappa shape index (κ3) is 4.52. The summed E-state index contributed by atoms with van der Waals surface area (Å²) in [7, 11) is 0. The normalized spacial score (nSPS) is 11.4. The van der Waals surface area contributed by atoms with Crippen molar-refractivity contribution in [1.82, 2.24) is 0 Å². The number of hydrogen-bond acceptors (Lipinski definition) is 4. The van der Waals surface area contributed by atoms with Gasteiger partial charge >= 0.3 is 5.97 Å². The van der Waals surface area contributed by atoms with Crippen LogP contribution >= 0.6 is 0 Å². The Morgan fingerprint density at radius 1 is 0.931 bits per heavy atom. The van der Waals surface area contributed by atoms with Gasteiger partial charge in [0.15, 0.2) is 5.78 Å². The van der Waals surface area contributed by atoms with Gasteiger partial charge in [-0.05, 0) is 36.0 Å². The van der Waals surface area contributed by atoms with Gasteiger partial charge in [0.1, 0.15) is 11.8 Å². The standard InChI is InChI=1S/C24H21NO4/c1-2-25(22(24(28)29)16-17-12-14-19(26)15-13-17)21-11-7-6-10-20(21)23(27)18-8-4-3-5-9-18/h2-15,22,26H,1,16H2,(H,28,29). The Morgan fingerprint density at radius 3 is 2.17 bits per heavy atom. The SMILES string of the molecule is C=CN(c1ccccc1C(=O)c1ccccc1)C(Cc1ccc(O)cc1)C(=O)O. The summed E-state index contributed by atoms with van der Waals surface area (Å²) in [6, 6.07) is 21.1. The van der Waals surface area contributed by atoms with Crippen LogP contribution in [0.25, 0.3) is 0 Å². The van der Waals surface area contributed by atoms with E-state index in [-0.39, 0.29) is 18.0 Å². The second kappa shape index (κ2) is 8.89. The molecule has 3 aromatic carbocycles. The van der Waals surface area contributed by atoms with Crippen LogP contribution in [0.4, 0.5) is 5.69 Å². The predicted octanol–water partition coefficient (Wildman–Crippen LogP) is 4.27. The Kier molecular flexibility index (Phi) is 6.09. The van der Waals surface area contributed by atoms with Crippen LogP contribution in [0.3, 0.4) is 0 Å². The van der Waals surface area contributed by atoms with E-state index >= 15 is 0 Å². The minimum Gasteiger partial charge on any atom is -0.508 e. The van der Waals surface area contributed by atoms with Crippen LogP contribution in [0.2, 0.25) is 0 Å². The van der Waals surface area contributed by atoms with E-state index in [1.807, 2.05) is 6.07 Å². The van der Waals surface area contributed by atoms with Crippen molar-refractivity contribution >= 4 is 17.4 Å². The Morgan fingerprint density at radius 2 is 1.55 bits per heavy atom. The molecule has 1 atom stereocenters. The van der Waals surface area contributed by atoms with E-state index in [1.165, 1.54) is 23.2 Å². The van der Waals surface area contributed by atoms with Crippen LogP contribution in [0.1, 0.15) is 21.5 Å².